The summed E-state index contributed by atoms with van der Waals surface area (Å²) in [6, 6.07) is 9.26. The lowest BCUT2D eigenvalue weighted by Crippen LogP contribution is -2.40. The van der Waals surface area contributed by atoms with Crippen molar-refractivity contribution in [2.24, 2.45) is 0 Å². The lowest BCUT2D eigenvalue weighted by molar-refractivity contribution is 0.532. The molecule has 0 aliphatic heterocycles. The Morgan fingerprint density at radius 3 is 2.50 bits per heavy atom. The third kappa shape index (κ3) is 2.83. The summed E-state index contributed by atoms with van der Waals surface area (Å²) in [6.45, 7) is 6.91. The number of hydrogen-bond donors (Lipinski definition) is 1. The van der Waals surface area contributed by atoms with Gasteiger partial charge in [0.05, 0.1) is 10.3 Å². The second-order valence-electron chi connectivity index (χ2n) is 5.87. The van der Waals surface area contributed by atoms with Crippen LogP contribution in [0.2, 0.25) is 0 Å². The van der Waals surface area contributed by atoms with Crippen molar-refractivity contribution in [1.29, 1.82) is 0 Å². The maximum atomic E-state index is 12.2. The van der Waals surface area contributed by atoms with Gasteiger partial charge in [-0.3, -0.25) is 4.98 Å². The van der Waals surface area contributed by atoms with Crippen LogP contribution >= 0.6 is 0 Å². The molecular formula is C15H20N2O2S. The van der Waals surface area contributed by atoms with Crippen LogP contribution < -0.4 is 4.72 Å². The van der Waals surface area contributed by atoms with Crippen LogP contribution in [-0.2, 0) is 10.0 Å². The first-order chi connectivity index (χ1) is 9.22. The summed E-state index contributed by atoms with van der Waals surface area (Å²) in [4.78, 5) is 4.29. The van der Waals surface area contributed by atoms with Gasteiger partial charge in [-0.15, -0.1) is 0 Å². The molecule has 0 radical (unpaired) electrons. The average molecular weight is 292 g/mol. The van der Waals surface area contributed by atoms with E-state index in [2.05, 4.69) is 9.71 Å². The Hall–Kier alpha value is -1.46. The van der Waals surface area contributed by atoms with Gasteiger partial charge in [-0.05, 0) is 45.4 Å². The highest BCUT2D eigenvalue weighted by atomic mass is 32.2. The Labute approximate surface area is 120 Å². The zero-order valence-electron chi connectivity index (χ0n) is 12.2. The molecule has 1 atom stereocenters. The number of hydrogen-bond acceptors (Lipinski definition) is 3. The van der Waals surface area contributed by atoms with Crippen molar-refractivity contribution >= 4 is 20.9 Å². The van der Waals surface area contributed by atoms with Crippen molar-refractivity contribution in [2.75, 3.05) is 0 Å². The second kappa shape index (κ2) is 5.14. The van der Waals surface area contributed by atoms with E-state index >= 15 is 0 Å². The molecule has 0 aliphatic rings. The van der Waals surface area contributed by atoms with Crippen LogP contribution in [-0.4, -0.2) is 18.1 Å². The first-order valence-corrected chi connectivity index (χ1v) is 8.06. The van der Waals surface area contributed by atoms with Crippen LogP contribution in [0.4, 0.5) is 0 Å². The smallest absolute Gasteiger partial charge is 0.217 e. The molecule has 0 spiro atoms. The molecule has 0 aliphatic carbocycles. The molecule has 20 heavy (non-hydrogen) atoms. The maximum absolute atomic E-state index is 12.2. The largest absolute Gasteiger partial charge is 0.256 e. The van der Waals surface area contributed by atoms with Crippen LogP contribution in [0, 0.1) is 0 Å². The molecular weight excluding hydrogens is 272 g/mol. The average Bonchev–Trinajstić information content (AvgIpc) is 2.36. The molecule has 0 fully saturated rings. The summed E-state index contributed by atoms with van der Waals surface area (Å²) in [5.74, 6) is 0. The van der Waals surface area contributed by atoms with E-state index in [1.807, 2.05) is 37.3 Å². The number of nitrogens with one attached hydrogen (secondary N) is 1. The summed E-state index contributed by atoms with van der Waals surface area (Å²) in [6.07, 6.45) is 1.73. The monoisotopic (exact) mass is 292 g/mol. The van der Waals surface area contributed by atoms with Crippen LogP contribution in [0.5, 0.6) is 0 Å². The number of nitrogens with zero attached hydrogens (tertiary/aromatic N) is 1. The van der Waals surface area contributed by atoms with E-state index in [-0.39, 0.29) is 6.04 Å². The van der Waals surface area contributed by atoms with Crippen LogP contribution in [0.15, 0.2) is 36.5 Å². The summed E-state index contributed by atoms with van der Waals surface area (Å²) in [7, 11) is -3.38. The van der Waals surface area contributed by atoms with Crippen molar-refractivity contribution in [1.82, 2.24) is 9.71 Å². The second-order valence-corrected chi connectivity index (χ2v) is 8.34. The highest BCUT2D eigenvalue weighted by Gasteiger charge is 2.30. The van der Waals surface area contributed by atoms with Crippen LogP contribution in [0.25, 0.3) is 10.9 Å². The van der Waals surface area contributed by atoms with E-state index in [9.17, 15) is 8.42 Å². The highest BCUT2D eigenvalue weighted by molar-refractivity contribution is 7.90. The van der Waals surface area contributed by atoms with Gasteiger partial charge in [0, 0.05) is 17.6 Å². The topological polar surface area (TPSA) is 59.1 Å². The molecule has 4 nitrogen and oxygen atoms in total. The lowest BCUT2D eigenvalue weighted by Gasteiger charge is -2.24. The minimum Gasteiger partial charge on any atom is -0.256 e. The zero-order valence-corrected chi connectivity index (χ0v) is 13.0. The molecule has 0 saturated heterocycles. The summed E-state index contributed by atoms with van der Waals surface area (Å²) < 4.78 is 26.4. The Kier molecular flexibility index (Phi) is 3.84. The van der Waals surface area contributed by atoms with E-state index in [1.165, 1.54) is 0 Å². The number of fused-ring (bicyclic) bond motifs is 1. The van der Waals surface area contributed by atoms with Crippen LogP contribution in [0.1, 0.15) is 39.3 Å². The molecule has 1 unspecified atom stereocenters. The van der Waals surface area contributed by atoms with E-state index in [1.54, 1.807) is 27.0 Å². The Morgan fingerprint density at radius 1 is 1.15 bits per heavy atom. The lowest BCUT2D eigenvalue weighted by atomic mass is 10.0. The van der Waals surface area contributed by atoms with Crippen molar-refractivity contribution in [3.05, 3.63) is 42.1 Å². The highest BCUT2D eigenvalue weighted by Crippen LogP contribution is 2.25. The van der Waals surface area contributed by atoms with E-state index in [4.69, 9.17) is 0 Å². The molecule has 108 valence electrons. The maximum Gasteiger partial charge on any atom is 0.217 e. The Bertz CT molecular complexity index is 713. The number of pyridine rings is 1. The minimum atomic E-state index is -3.38. The molecule has 5 heteroatoms. The molecule has 2 rings (SSSR count). The van der Waals surface area contributed by atoms with Crippen molar-refractivity contribution < 1.29 is 8.42 Å². The molecule has 0 saturated carbocycles. The summed E-state index contributed by atoms with van der Waals surface area (Å²) in [5.41, 5.74) is 1.80. The quantitative estimate of drug-likeness (QED) is 0.946. The standard InChI is InChI=1S/C15H20N2O2S/c1-11(17-20(18,19)15(2,3)4)12-7-5-9-14-13(12)8-6-10-16-14/h5-11,17H,1-4H3. The first-order valence-electron chi connectivity index (χ1n) is 6.58. The van der Waals surface area contributed by atoms with Crippen molar-refractivity contribution in [2.45, 2.75) is 38.5 Å². The minimum absolute atomic E-state index is 0.299. The van der Waals surface area contributed by atoms with E-state index in [0.29, 0.717) is 0 Å². The van der Waals surface area contributed by atoms with Crippen LogP contribution in [0.3, 0.4) is 0 Å². The zero-order chi connectivity index (χ0) is 15.0. The van der Waals surface area contributed by atoms with Gasteiger partial charge in [-0.25, -0.2) is 13.1 Å². The third-order valence-electron chi connectivity index (χ3n) is 3.28. The van der Waals surface area contributed by atoms with E-state index in [0.717, 1.165) is 16.5 Å². The molecule has 1 N–H and O–H groups in total. The fourth-order valence-electron chi connectivity index (χ4n) is 1.98. The van der Waals surface area contributed by atoms with E-state index < -0.39 is 14.8 Å². The number of rotatable bonds is 3. The number of benzene rings is 1. The predicted octanol–water partition coefficient (Wildman–Crippen LogP) is 3.01. The molecule has 0 amide bonds. The summed E-state index contributed by atoms with van der Waals surface area (Å²) in [5, 5.41) is 0.971. The van der Waals surface area contributed by atoms with Gasteiger partial charge in [-0.1, -0.05) is 18.2 Å². The fourth-order valence-corrected chi connectivity index (χ4v) is 2.92. The van der Waals surface area contributed by atoms with Gasteiger partial charge in [-0.2, -0.15) is 0 Å². The van der Waals surface area contributed by atoms with Gasteiger partial charge in [0.2, 0.25) is 10.0 Å². The van der Waals surface area contributed by atoms with Gasteiger partial charge >= 0.3 is 0 Å². The predicted molar refractivity (Wildman–Crippen MR) is 82.0 cm³/mol. The molecule has 1 aromatic carbocycles. The molecule has 1 aromatic heterocycles. The Morgan fingerprint density at radius 2 is 1.85 bits per heavy atom. The normalized spacial score (nSPS) is 14.4. The summed E-state index contributed by atoms with van der Waals surface area (Å²) >= 11 is 0. The number of sulfonamides is 1. The Balaban J connectivity index is 2.40. The number of aromatic nitrogens is 1. The third-order valence-corrected chi connectivity index (χ3v) is 5.56. The van der Waals surface area contributed by atoms with Gasteiger partial charge in [0.1, 0.15) is 0 Å². The molecule has 2 aromatic rings. The first kappa shape index (κ1) is 14.9. The molecule has 0 bridgehead atoms. The molecule has 1 heterocycles. The fraction of sp³-hybridized carbons (Fsp3) is 0.400. The van der Waals surface area contributed by atoms with Gasteiger partial charge in [0.15, 0.2) is 0 Å². The van der Waals surface area contributed by atoms with Gasteiger partial charge < -0.3 is 0 Å². The van der Waals surface area contributed by atoms with Crippen molar-refractivity contribution in [3.63, 3.8) is 0 Å². The SMILES string of the molecule is CC(NS(=O)(=O)C(C)(C)C)c1cccc2ncccc12. The van der Waals surface area contributed by atoms with Gasteiger partial charge in [0.25, 0.3) is 0 Å². The van der Waals surface area contributed by atoms with Crippen molar-refractivity contribution in [3.8, 4) is 0 Å².